The normalized spacial score (nSPS) is 13.1. The van der Waals surface area contributed by atoms with Crippen LogP contribution in [0.2, 0.25) is 0 Å². The number of carbonyl (C=O) groups excluding carboxylic acids is 1. The average molecular weight is 259 g/mol. The lowest BCUT2D eigenvalue weighted by molar-refractivity contribution is -0.120. The van der Waals surface area contributed by atoms with Crippen LogP contribution < -0.4 is 5.32 Å². The maximum absolute atomic E-state index is 11.0. The molecule has 0 bridgehead atoms. The van der Waals surface area contributed by atoms with Gasteiger partial charge in [-0.05, 0) is 5.56 Å². The molecule has 0 spiro atoms. The molecule has 1 aromatic carbocycles. The Balaban J connectivity index is 2.74. The largest absolute Gasteiger partial charge is 0.469 e. The lowest BCUT2D eigenvalue weighted by Gasteiger charge is -2.18. The molecule has 1 amide bonds. The Kier molecular flexibility index (Phi) is 4.84. The van der Waals surface area contributed by atoms with E-state index in [0.29, 0.717) is 0 Å². The Hall–Kier alpha value is -1.20. The summed E-state index contributed by atoms with van der Waals surface area (Å²) in [6.07, 6.45) is 0. The van der Waals surface area contributed by atoms with Crippen molar-refractivity contribution in [2.45, 2.75) is 13.0 Å². The first-order valence-electron chi connectivity index (χ1n) is 4.90. The van der Waals surface area contributed by atoms with Crippen LogP contribution in [0.15, 0.2) is 30.3 Å². The minimum Gasteiger partial charge on any atom is -0.347 e. The summed E-state index contributed by atoms with van der Waals surface area (Å²) >= 11 is 0. The third-order valence-electron chi connectivity index (χ3n) is 1.99. The van der Waals surface area contributed by atoms with Gasteiger partial charge in [0.25, 0.3) is 0 Å². The highest BCUT2D eigenvalue weighted by Crippen LogP contribution is 2.36. The smallest absolute Gasteiger partial charge is 0.347 e. The third kappa shape index (κ3) is 5.60. The number of phosphoric acid groups is 1. The molecule has 94 valence electrons. The van der Waals surface area contributed by atoms with Crippen LogP contribution in [0.1, 0.15) is 18.5 Å². The number of benzene rings is 1. The molecule has 0 fully saturated rings. The van der Waals surface area contributed by atoms with E-state index in [1.807, 2.05) is 0 Å². The molecule has 6 nitrogen and oxygen atoms in total. The summed E-state index contributed by atoms with van der Waals surface area (Å²) in [7, 11) is -4.53. The molecule has 0 saturated heterocycles. The molecule has 1 atom stereocenters. The van der Waals surface area contributed by atoms with E-state index in [2.05, 4.69) is 9.84 Å². The fourth-order valence-corrected chi connectivity index (χ4v) is 1.67. The van der Waals surface area contributed by atoms with Crippen LogP contribution in [-0.4, -0.2) is 22.3 Å². The molecule has 17 heavy (non-hydrogen) atoms. The molecule has 0 aliphatic heterocycles. The summed E-state index contributed by atoms with van der Waals surface area (Å²) in [5, 5.41) is 2.56. The minimum absolute atomic E-state index is 0.284. The highest BCUT2D eigenvalue weighted by atomic mass is 31.2. The first kappa shape index (κ1) is 13.9. The molecule has 0 unspecified atom stereocenters. The van der Waals surface area contributed by atoms with Gasteiger partial charge in [-0.1, -0.05) is 30.3 Å². The number of amides is 1. The van der Waals surface area contributed by atoms with Crippen molar-refractivity contribution in [1.29, 1.82) is 0 Å². The molecule has 0 aliphatic carbocycles. The fraction of sp³-hybridized carbons (Fsp3) is 0.300. The van der Waals surface area contributed by atoms with Gasteiger partial charge in [0, 0.05) is 6.92 Å². The van der Waals surface area contributed by atoms with Gasteiger partial charge in [-0.2, -0.15) is 0 Å². The van der Waals surface area contributed by atoms with Crippen molar-refractivity contribution in [3.8, 4) is 0 Å². The Morgan fingerprint density at radius 3 is 2.47 bits per heavy atom. The van der Waals surface area contributed by atoms with Gasteiger partial charge < -0.3 is 15.1 Å². The third-order valence-corrected chi connectivity index (χ3v) is 2.47. The summed E-state index contributed by atoms with van der Waals surface area (Å²) in [4.78, 5) is 28.2. The predicted octanol–water partition coefficient (Wildman–Crippen LogP) is 0.973. The standard InChI is InChI=1S/C10H14NO5P/c1-8(12)11-10(7-16-17(13,14)15)9-5-3-2-4-6-9/h2-6,10H,7H2,1H3,(H,11,12)(H2,13,14,15)/t10-/m1/s1. The second-order valence-corrected chi connectivity index (χ2v) is 4.69. The molecule has 1 aromatic rings. The van der Waals surface area contributed by atoms with Gasteiger partial charge in [0.05, 0.1) is 12.6 Å². The molecule has 0 aromatic heterocycles. The summed E-state index contributed by atoms with van der Waals surface area (Å²) in [6.45, 7) is 1.04. The van der Waals surface area contributed by atoms with E-state index in [0.717, 1.165) is 5.56 Å². The Bertz CT molecular complexity index is 416. The van der Waals surface area contributed by atoms with Gasteiger partial charge >= 0.3 is 7.82 Å². The second kappa shape index (κ2) is 5.93. The summed E-state index contributed by atoms with van der Waals surface area (Å²) in [6, 6.07) is 8.23. The Labute approximate surface area is 98.9 Å². The molecular formula is C10H14NO5P. The first-order valence-corrected chi connectivity index (χ1v) is 6.43. The van der Waals surface area contributed by atoms with E-state index in [1.54, 1.807) is 30.3 Å². The van der Waals surface area contributed by atoms with E-state index < -0.39 is 13.9 Å². The highest BCUT2D eigenvalue weighted by Gasteiger charge is 2.19. The maximum Gasteiger partial charge on any atom is 0.469 e. The first-order chi connectivity index (χ1) is 7.88. The van der Waals surface area contributed by atoms with Crippen molar-refractivity contribution >= 4 is 13.7 Å². The van der Waals surface area contributed by atoms with E-state index in [4.69, 9.17) is 9.79 Å². The lowest BCUT2D eigenvalue weighted by atomic mass is 10.1. The van der Waals surface area contributed by atoms with Gasteiger partial charge in [-0.3, -0.25) is 9.32 Å². The van der Waals surface area contributed by atoms with Gasteiger partial charge in [0.15, 0.2) is 0 Å². The molecule has 0 saturated carbocycles. The average Bonchev–Trinajstić information content (AvgIpc) is 2.24. The monoisotopic (exact) mass is 259 g/mol. The zero-order valence-electron chi connectivity index (χ0n) is 9.24. The number of nitrogens with one attached hydrogen (secondary N) is 1. The molecule has 7 heteroatoms. The van der Waals surface area contributed by atoms with Gasteiger partial charge in [0.1, 0.15) is 0 Å². The van der Waals surface area contributed by atoms with E-state index >= 15 is 0 Å². The molecule has 1 rings (SSSR count). The van der Waals surface area contributed by atoms with Crippen molar-refractivity contribution in [3.63, 3.8) is 0 Å². The number of hydrogen-bond donors (Lipinski definition) is 3. The van der Waals surface area contributed by atoms with Crippen LogP contribution in [0, 0.1) is 0 Å². The Morgan fingerprint density at radius 2 is 2.00 bits per heavy atom. The molecule has 0 heterocycles. The zero-order chi connectivity index (χ0) is 12.9. The molecular weight excluding hydrogens is 245 g/mol. The van der Waals surface area contributed by atoms with E-state index in [9.17, 15) is 9.36 Å². The number of rotatable bonds is 5. The molecule has 0 aliphatic rings. The van der Waals surface area contributed by atoms with Gasteiger partial charge in [0.2, 0.25) is 5.91 Å². The fourth-order valence-electron chi connectivity index (χ4n) is 1.32. The summed E-state index contributed by atoms with van der Waals surface area (Å²) in [5.74, 6) is -0.298. The second-order valence-electron chi connectivity index (χ2n) is 3.45. The quantitative estimate of drug-likeness (QED) is 0.685. The summed E-state index contributed by atoms with van der Waals surface area (Å²) in [5.41, 5.74) is 0.719. The van der Waals surface area contributed by atoms with Crippen molar-refractivity contribution < 1.29 is 23.7 Å². The van der Waals surface area contributed by atoms with Crippen LogP contribution in [0.3, 0.4) is 0 Å². The van der Waals surface area contributed by atoms with Crippen LogP contribution in [-0.2, 0) is 13.9 Å². The van der Waals surface area contributed by atoms with Crippen LogP contribution in [0.5, 0.6) is 0 Å². The molecule has 3 N–H and O–H groups in total. The number of phosphoric ester groups is 1. The van der Waals surface area contributed by atoms with Gasteiger partial charge in [-0.15, -0.1) is 0 Å². The zero-order valence-corrected chi connectivity index (χ0v) is 10.1. The van der Waals surface area contributed by atoms with Crippen molar-refractivity contribution in [2.75, 3.05) is 6.61 Å². The Morgan fingerprint density at radius 1 is 1.41 bits per heavy atom. The maximum atomic E-state index is 11.0. The van der Waals surface area contributed by atoms with Crippen LogP contribution in [0.25, 0.3) is 0 Å². The summed E-state index contributed by atoms with van der Waals surface area (Å²) < 4.78 is 15.0. The van der Waals surface area contributed by atoms with Gasteiger partial charge in [-0.25, -0.2) is 4.57 Å². The topological polar surface area (TPSA) is 95.9 Å². The van der Waals surface area contributed by atoms with E-state index in [1.165, 1.54) is 6.92 Å². The van der Waals surface area contributed by atoms with Crippen LogP contribution >= 0.6 is 7.82 Å². The lowest BCUT2D eigenvalue weighted by Crippen LogP contribution is -2.29. The number of carbonyl (C=O) groups is 1. The van der Waals surface area contributed by atoms with Crippen molar-refractivity contribution in [3.05, 3.63) is 35.9 Å². The minimum atomic E-state index is -4.53. The predicted molar refractivity (Wildman–Crippen MR) is 61.0 cm³/mol. The SMILES string of the molecule is CC(=O)N[C@H](COP(=O)(O)O)c1ccccc1. The number of hydrogen-bond acceptors (Lipinski definition) is 3. The van der Waals surface area contributed by atoms with Crippen molar-refractivity contribution in [1.82, 2.24) is 5.32 Å². The van der Waals surface area contributed by atoms with Crippen molar-refractivity contribution in [2.24, 2.45) is 0 Å². The molecule has 0 radical (unpaired) electrons. The van der Waals surface area contributed by atoms with E-state index in [-0.39, 0.29) is 12.5 Å². The highest BCUT2D eigenvalue weighted by molar-refractivity contribution is 7.46. The van der Waals surface area contributed by atoms with Crippen LogP contribution in [0.4, 0.5) is 0 Å².